The Hall–Kier alpha value is -4.18. The lowest BCUT2D eigenvalue weighted by molar-refractivity contribution is -0.142. The Balaban J connectivity index is 1.34. The number of H-pyrrole nitrogens is 1. The molecular weight excluding hydrogens is 396 g/mol. The van der Waals surface area contributed by atoms with E-state index in [0.29, 0.717) is 5.71 Å². The van der Waals surface area contributed by atoms with Crippen LogP contribution in [0, 0.1) is 0 Å². The summed E-state index contributed by atoms with van der Waals surface area (Å²) in [5.41, 5.74) is 3.55. The molecule has 1 aromatic heterocycles. The zero-order chi connectivity index (χ0) is 21.7. The highest BCUT2D eigenvalue weighted by atomic mass is 16.7. The predicted molar refractivity (Wildman–Crippen MR) is 130 cm³/mol. The van der Waals surface area contributed by atoms with Crippen LogP contribution < -0.4 is 0 Å². The fourth-order valence-electron chi connectivity index (χ4n) is 4.69. The molecule has 6 aromatic rings. The summed E-state index contributed by atoms with van der Waals surface area (Å²) in [5.74, 6) is -0.383. The lowest BCUT2D eigenvalue weighted by Crippen LogP contribution is -2.06. The standard InChI is InChI=1S/C28H20N2O2/c1-17(30-32-26(31)15-21-16-29-25-8-3-2-7-23(21)25)22-13-11-20-10-9-18-5-4-6-19-12-14-24(22)28(20)27(18)19/h2-14,16,29H,15H2,1H3/b30-17+. The number of fused-ring (bicyclic) bond motifs is 1. The lowest BCUT2D eigenvalue weighted by atomic mass is 9.91. The Morgan fingerprint density at radius 2 is 1.53 bits per heavy atom. The summed E-state index contributed by atoms with van der Waals surface area (Å²) in [6.45, 7) is 1.88. The molecular formula is C28H20N2O2. The summed E-state index contributed by atoms with van der Waals surface area (Å²) in [6.07, 6.45) is 2.02. The van der Waals surface area contributed by atoms with Gasteiger partial charge >= 0.3 is 5.97 Å². The third-order valence-corrected chi connectivity index (χ3v) is 6.21. The summed E-state index contributed by atoms with van der Waals surface area (Å²) in [4.78, 5) is 21.0. The molecule has 0 radical (unpaired) electrons. The maximum absolute atomic E-state index is 12.5. The zero-order valence-corrected chi connectivity index (χ0v) is 17.6. The van der Waals surface area contributed by atoms with Gasteiger partial charge in [0.25, 0.3) is 0 Å². The normalized spacial score (nSPS) is 12.3. The number of carbonyl (C=O) groups excluding carboxylic acids is 1. The van der Waals surface area contributed by atoms with E-state index in [4.69, 9.17) is 4.84 Å². The van der Waals surface area contributed by atoms with Gasteiger partial charge in [-0.2, -0.15) is 0 Å². The number of benzene rings is 5. The van der Waals surface area contributed by atoms with Gasteiger partial charge in [0.05, 0.1) is 12.1 Å². The number of hydrogen-bond acceptors (Lipinski definition) is 3. The van der Waals surface area contributed by atoms with Gasteiger partial charge in [0.1, 0.15) is 0 Å². The van der Waals surface area contributed by atoms with Crippen molar-refractivity contribution in [2.24, 2.45) is 5.16 Å². The van der Waals surface area contributed by atoms with E-state index in [0.717, 1.165) is 27.4 Å². The first-order chi connectivity index (χ1) is 15.7. The van der Waals surface area contributed by atoms with Crippen LogP contribution in [0.25, 0.3) is 43.2 Å². The van der Waals surface area contributed by atoms with Crippen molar-refractivity contribution in [2.45, 2.75) is 13.3 Å². The third-order valence-electron chi connectivity index (χ3n) is 6.21. The van der Waals surface area contributed by atoms with Crippen LogP contribution in [0.3, 0.4) is 0 Å². The average Bonchev–Trinajstić information content (AvgIpc) is 3.23. The molecule has 32 heavy (non-hydrogen) atoms. The number of nitrogens with zero attached hydrogens (tertiary/aromatic N) is 1. The minimum absolute atomic E-state index is 0.166. The third kappa shape index (κ3) is 2.92. The van der Waals surface area contributed by atoms with Crippen LogP contribution in [-0.4, -0.2) is 16.7 Å². The van der Waals surface area contributed by atoms with Crippen molar-refractivity contribution in [3.63, 3.8) is 0 Å². The van der Waals surface area contributed by atoms with Gasteiger partial charge in [-0.3, -0.25) is 0 Å². The van der Waals surface area contributed by atoms with Gasteiger partial charge in [0.2, 0.25) is 0 Å². The van der Waals surface area contributed by atoms with Gasteiger partial charge in [-0.25, -0.2) is 4.79 Å². The Bertz CT molecular complexity index is 1640. The molecule has 4 heteroatoms. The second kappa shape index (κ2) is 7.20. The maximum atomic E-state index is 12.5. The average molecular weight is 416 g/mol. The van der Waals surface area contributed by atoms with E-state index in [-0.39, 0.29) is 12.4 Å². The largest absolute Gasteiger partial charge is 0.361 e. The molecule has 4 nitrogen and oxygen atoms in total. The second-order valence-electron chi connectivity index (χ2n) is 8.15. The monoisotopic (exact) mass is 416 g/mol. The molecule has 0 aliphatic carbocycles. The zero-order valence-electron chi connectivity index (χ0n) is 17.6. The number of para-hydroxylation sites is 1. The number of carbonyl (C=O) groups is 1. The summed E-state index contributed by atoms with van der Waals surface area (Å²) in [7, 11) is 0. The number of aromatic amines is 1. The van der Waals surface area contributed by atoms with Gasteiger partial charge in [0, 0.05) is 22.7 Å². The number of aromatic nitrogens is 1. The fraction of sp³-hybridized carbons (Fsp3) is 0.0714. The Morgan fingerprint density at radius 3 is 2.38 bits per heavy atom. The highest BCUT2D eigenvalue weighted by molar-refractivity contribution is 6.26. The molecule has 0 amide bonds. The lowest BCUT2D eigenvalue weighted by Gasteiger charge is -2.13. The van der Waals surface area contributed by atoms with Crippen LogP contribution >= 0.6 is 0 Å². The van der Waals surface area contributed by atoms with E-state index in [9.17, 15) is 4.79 Å². The second-order valence-corrected chi connectivity index (χ2v) is 8.15. The smallest absolute Gasteiger partial charge is 0.339 e. The van der Waals surface area contributed by atoms with Gasteiger partial charge in [-0.05, 0) is 50.9 Å². The summed E-state index contributed by atoms with van der Waals surface area (Å²) in [5, 5.41) is 12.4. The van der Waals surface area contributed by atoms with Crippen LogP contribution in [0.4, 0.5) is 0 Å². The molecule has 0 aliphatic heterocycles. The molecule has 0 fully saturated rings. The quantitative estimate of drug-likeness (QED) is 0.153. The topological polar surface area (TPSA) is 54.4 Å². The Labute approximate surface area is 184 Å². The minimum Gasteiger partial charge on any atom is -0.361 e. The molecule has 0 saturated heterocycles. The maximum Gasteiger partial charge on any atom is 0.339 e. The van der Waals surface area contributed by atoms with Crippen LogP contribution in [0.2, 0.25) is 0 Å². The van der Waals surface area contributed by atoms with Crippen LogP contribution in [0.5, 0.6) is 0 Å². The summed E-state index contributed by atoms with van der Waals surface area (Å²) >= 11 is 0. The highest BCUT2D eigenvalue weighted by Crippen LogP contribution is 2.36. The Kier molecular flexibility index (Phi) is 4.18. The SMILES string of the molecule is C/C(=N\OC(=O)Cc1c[nH]c2ccccc12)c1ccc2ccc3cccc4ccc1c2c34. The van der Waals surface area contributed by atoms with Crippen LogP contribution in [0.1, 0.15) is 18.1 Å². The van der Waals surface area contributed by atoms with E-state index in [1.54, 1.807) is 0 Å². The first-order valence-electron chi connectivity index (χ1n) is 10.7. The molecule has 0 unspecified atom stereocenters. The molecule has 5 aromatic carbocycles. The molecule has 0 atom stereocenters. The number of hydrogen-bond donors (Lipinski definition) is 1. The van der Waals surface area contributed by atoms with E-state index < -0.39 is 0 Å². The van der Waals surface area contributed by atoms with Crippen LogP contribution in [0.15, 0.2) is 90.2 Å². The molecule has 0 bridgehead atoms. The molecule has 1 N–H and O–H groups in total. The highest BCUT2D eigenvalue weighted by Gasteiger charge is 2.14. The van der Waals surface area contributed by atoms with E-state index in [1.165, 1.54) is 26.9 Å². The number of rotatable bonds is 4. The summed E-state index contributed by atoms with van der Waals surface area (Å²) < 4.78 is 0. The van der Waals surface area contributed by atoms with Crippen molar-refractivity contribution in [2.75, 3.05) is 0 Å². The number of oxime groups is 1. The predicted octanol–water partition coefficient (Wildman–Crippen LogP) is 6.58. The van der Waals surface area contributed by atoms with Crippen molar-refractivity contribution >= 4 is 54.9 Å². The van der Waals surface area contributed by atoms with E-state index >= 15 is 0 Å². The Morgan fingerprint density at radius 1 is 0.812 bits per heavy atom. The van der Waals surface area contributed by atoms with E-state index in [1.807, 2.05) is 43.5 Å². The minimum atomic E-state index is -0.383. The van der Waals surface area contributed by atoms with E-state index in [2.05, 4.69) is 58.7 Å². The first kappa shape index (κ1) is 18.6. The summed E-state index contributed by atoms with van der Waals surface area (Å²) in [6, 6.07) is 27.0. The van der Waals surface area contributed by atoms with Crippen molar-refractivity contribution in [1.82, 2.24) is 4.98 Å². The van der Waals surface area contributed by atoms with Gasteiger partial charge in [0.15, 0.2) is 0 Å². The van der Waals surface area contributed by atoms with Crippen LogP contribution in [-0.2, 0) is 16.1 Å². The van der Waals surface area contributed by atoms with Gasteiger partial charge in [-0.15, -0.1) is 0 Å². The van der Waals surface area contributed by atoms with Gasteiger partial charge < -0.3 is 9.82 Å². The number of nitrogens with one attached hydrogen (secondary N) is 1. The molecule has 0 aliphatic rings. The van der Waals surface area contributed by atoms with Crippen molar-refractivity contribution < 1.29 is 9.63 Å². The molecule has 154 valence electrons. The first-order valence-corrected chi connectivity index (χ1v) is 10.7. The molecule has 0 saturated carbocycles. The van der Waals surface area contributed by atoms with Crippen molar-refractivity contribution in [3.8, 4) is 0 Å². The van der Waals surface area contributed by atoms with Gasteiger partial charge in [-0.1, -0.05) is 78.0 Å². The molecule has 0 spiro atoms. The fourth-order valence-corrected chi connectivity index (χ4v) is 4.69. The van der Waals surface area contributed by atoms with Crippen molar-refractivity contribution in [3.05, 3.63) is 96.2 Å². The molecule has 1 heterocycles. The van der Waals surface area contributed by atoms with Crippen molar-refractivity contribution in [1.29, 1.82) is 0 Å². The molecule has 6 rings (SSSR count).